The number of pyridine rings is 1. The topological polar surface area (TPSA) is 51.2 Å². The molecule has 2 heterocycles. The highest BCUT2D eigenvalue weighted by Crippen LogP contribution is 2.30. The summed E-state index contributed by atoms with van der Waals surface area (Å²) >= 11 is 6.05. The van der Waals surface area contributed by atoms with Crippen molar-refractivity contribution >= 4 is 18.0 Å². The Kier molecular flexibility index (Phi) is 4.55. The summed E-state index contributed by atoms with van der Waals surface area (Å²) in [5.41, 5.74) is 1.70. The lowest BCUT2D eigenvalue weighted by Gasteiger charge is -2.29. The van der Waals surface area contributed by atoms with Gasteiger partial charge < -0.3 is 10.1 Å². The van der Waals surface area contributed by atoms with Gasteiger partial charge in [0.05, 0.1) is 11.7 Å². The largest absolute Gasteiger partial charge is 0.381 e. The van der Waals surface area contributed by atoms with Gasteiger partial charge in [-0.2, -0.15) is 0 Å². The number of amides is 1. The lowest BCUT2D eigenvalue weighted by atomic mass is 9.89. The second-order valence-corrected chi connectivity index (χ2v) is 5.00. The maximum absolute atomic E-state index is 10.8. The van der Waals surface area contributed by atoms with Crippen molar-refractivity contribution in [2.45, 2.75) is 25.8 Å². The number of ether oxygens (including phenoxy) is 1. The second-order valence-electron chi connectivity index (χ2n) is 4.56. The normalized spacial score (nSPS) is 18.3. The van der Waals surface area contributed by atoms with Crippen molar-refractivity contribution in [2.75, 3.05) is 13.2 Å². The quantitative estimate of drug-likeness (QED) is 0.852. The minimum absolute atomic E-state index is 0.0798. The van der Waals surface area contributed by atoms with Crippen molar-refractivity contribution < 1.29 is 9.53 Å². The number of nitrogens with one attached hydrogen (secondary N) is 1. The van der Waals surface area contributed by atoms with Gasteiger partial charge in [-0.25, -0.2) is 0 Å². The maximum Gasteiger partial charge on any atom is 0.207 e. The molecular weight excluding hydrogens is 252 g/mol. The first kappa shape index (κ1) is 13.3. The van der Waals surface area contributed by atoms with E-state index in [4.69, 9.17) is 16.3 Å². The Bertz CT molecular complexity index is 399. The fraction of sp³-hybridized carbons (Fsp3) is 0.538. The van der Waals surface area contributed by atoms with Gasteiger partial charge in [0.1, 0.15) is 0 Å². The molecule has 1 atom stereocenters. The van der Waals surface area contributed by atoms with Crippen LogP contribution in [-0.2, 0) is 9.53 Å². The molecule has 0 spiro atoms. The molecule has 0 aliphatic carbocycles. The van der Waals surface area contributed by atoms with Crippen LogP contribution in [0.5, 0.6) is 0 Å². The first-order valence-corrected chi connectivity index (χ1v) is 6.50. The average molecular weight is 269 g/mol. The molecule has 1 aliphatic rings. The van der Waals surface area contributed by atoms with Gasteiger partial charge in [0.2, 0.25) is 6.41 Å². The standard InChI is InChI=1S/C13H17ClN2O2/c1-9-6-11(14)7-12(16-9)13(15-8-17)10-2-4-18-5-3-10/h6-8,10,13H,2-5H2,1H3,(H,15,17). The molecule has 1 aromatic rings. The lowest BCUT2D eigenvalue weighted by molar-refractivity contribution is -0.110. The molecule has 1 amide bonds. The SMILES string of the molecule is Cc1cc(Cl)cc(C(NC=O)C2CCOCC2)n1. The fourth-order valence-corrected chi connectivity index (χ4v) is 2.67. The molecule has 0 aromatic carbocycles. The molecule has 1 unspecified atom stereocenters. The Balaban J connectivity index is 2.24. The third kappa shape index (κ3) is 3.21. The lowest BCUT2D eigenvalue weighted by Crippen LogP contribution is -2.32. The molecule has 4 nitrogen and oxygen atoms in total. The minimum Gasteiger partial charge on any atom is -0.381 e. The van der Waals surface area contributed by atoms with Crippen molar-refractivity contribution in [1.82, 2.24) is 10.3 Å². The summed E-state index contributed by atoms with van der Waals surface area (Å²) in [6.45, 7) is 3.37. The van der Waals surface area contributed by atoms with Crippen LogP contribution in [0.25, 0.3) is 0 Å². The average Bonchev–Trinajstić information content (AvgIpc) is 2.36. The maximum atomic E-state index is 10.8. The number of hydrogen-bond acceptors (Lipinski definition) is 3. The zero-order chi connectivity index (χ0) is 13.0. The number of nitrogens with zero attached hydrogens (tertiary/aromatic N) is 1. The monoisotopic (exact) mass is 268 g/mol. The summed E-state index contributed by atoms with van der Waals surface area (Å²) < 4.78 is 5.35. The van der Waals surface area contributed by atoms with Crippen LogP contribution in [0, 0.1) is 12.8 Å². The highest BCUT2D eigenvalue weighted by molar-refractivity contribution is 6.30. The van der Waals surface area contributed by atoms with Gasteiger partial charge in [0.25, 0.3) is 0 Å². The fourth-order valence-electron chi connectivity index (χ4n) is 2.40. The number of aromatic nitrogens is 1. The van der Waals surface area contributed by atoms with Crippen LogP contribution in [0.15, 0.2) is 12.1 Å². The van der Waals surface area contributed by atoms with E-state index in [0.29, 0.717) is 10.9 Å². The van der Waals surface area contributed by atoms with Gasteiger partial charge in [-0.15, -0.1) is 0 Å². The van der Waals surface area contributed by atoms with E-state index in [9.17, 15) is 4.79 Å². The Hall–Kier alpha value is -1.13. The van der Waals surface area contributed by atoms with E-state index in [2.05, 4.69) is 10.3 Å². The van der Waals surface area contributed by atoms with Crippen LogP contribution in [0.3, 0.4) is 0 Å². The Morgan fingerprint density at radius 2 is 2.22 bits per heavy atom. The highest BCUT2D eigenvalue weighted by Gasteiger charge is 2.26. The summed E-state index contributed by atoms with van der Waals surface area (Å²) in [6, 6.07) is 3.56. The van der Waals surface area contributed by atoms with Crippen LogP contribution in [0.4, 0.5) is 0 Å². The molecular formula is C13H17ClN2O2. The van der Waals surface area contributed by atoms with Crippen molar-refractivity contribution in [3.8, 4) is 0 Å². The summed E-state index contributed by atoms with van der Waals surface area (Å²) in [5.74, 6) is 0.356. The molecule has 1 aromatic heterocycles. The minimum atomic E-state index is -0.0798. The number of carbonyl (C=O) groups is 1. The van der Waals surface area contributed by atoms with Crippen LogP contribution in [0.1, 0.15) is 30.3 Å². The molecule has 0 saturated carbocycles. The first-order chi connectivity index (χ1) is 8.70. The Morgan fingerprint density at radius 1 is 1.50 bits per heavy atom. The molecule has 1 aliphatic heterocycles. The van der Waals surface area contributed by atoms with E-state index >= 15 is 0 Å². The van der Waals surface area contributed by atoms with Crippen LogP contribution in [-0.4, -0.2) is 24.6 Å². The molecule has 0 bridgehead atoms. The summed E-state index contributed by atoms with van der Waals surface area (Å²) in [7, 11) is 0. The molecule has 18 heavy (non-hydrogen) atoms. The molecule has 1 saturated heterocycles. The predicted octanol–water partition coefficient (Wildman–Crippen LogP) is 2.26. The molecule has 98 valence electrons. The molecule has 2 rings (SSSR count). The summed E-state index contributed by atoms with van der Waals surface area (Å²) in [6.07, 6.45) is 2.59. The zero-order valence-corrected chi connectivity index (χ0v) is 11.1. The summed E-state index contributed by atoms with van der Waals surface area (Å²) in [5, 5.41) is 3.52. The van der Waals surface area contributed by atoms with Crippen molar-refractivity contribution in [1.29, 1.82) is 0 Å². The molecule has 1 N–H and O–H groups in total. The number of aryl methyl sites for hydroxylation is 1. The van der Waals surface area contributed by atoms with Gasteiger partial charge in [0.15, 0.2) is 0 Å². The Labute approximate surface area is 112 Å². The van der Waals surface area contributed by atoms with Crippen LogP contribution >= 0.6 is 11.6 Å². The highest BCUT2D eigenvalue weighted by atomic mass is 35.5. The van der Waals surface area contributed by atoms with Gasteiger partial charge in [-0.3, -0.25) is 9.78 Å². The van der Waals surface area contributed by atoms with Gasteiger partial charge >= 0.3 is 0 Å². The third-order valence-electron chi connectivity index (χ3n) is 3.24. The molecule has 0 radical (unpaired) electrons. The third-order valence-corrected chi connectivity index (χ3v) is 3.46. The molecule has 1 fully saturated rings. The van der Waals surface area contributed by atoms with Gasteiger partial charge in [-0.1, -0.05) is 11.6 Å². The van der Waals surface area contributed by atoms with E-state index in [1.807, 2.05) is 19.1 Å². The molecule has 5 heteroatoms. The predicted molar refractivity (Wildman–Crippen MR) is 69.5 cm³/mol. The number of hydrogen-bond donors (Lipinski definition) is 1. The Morgan fingerprint density at radius 3 is 2.83 bits per heavy atom. The van der Waals surface area contributed by atoms with E-state index in [1.165, 1.54) is 0 Å². The van der Waals surface area contributed by atoms with Crippen molar-refractivity contribution in [3.63, 3.8) is 0 Å². The van der Waals surface area contributed by atoms with Gasteiger partial charge in [0, 0.05) is 23.9 Å². The van der Waals surface area contributed by atoms with Crippen LogP contribution < -0.4 is 5.32 Å². The van der Waals surface area contributed by atoms with E-state index < -0.39 is 0 Å². The summed E-state index contributed by atoms with van der Waals surface area (Å²) in [4.78, 5) is 15.3. The van der Waals surface area contributed by atoms with E-state index in [0.717, 1.165) is 43.9 Å². The first-order valence-electron chi connectivity index (χ1n) is 6.12. The van der Waals surface area contributed by atoms with Gasteiger partial charge in [-0.05, 0) is 37.8 Å². The second kappa shape index (κ2) is 6.16. The smallest absolute Gasteiger partial charge is 0.207 e. The number of carbonyl (C=O) groups excluding carboxylic acids is 1. The van der Waals surface area contributed by atoms with E-state index in [-0.39, 0.29) is 6.04 Å². The van der Waals surface area contributed by atoms with Crippen LogP contribution in [0.2, 0.25) is 5.02 Å². The zero-order valence-electron chi connectivity index (χ0n) is 10.4. The number of rotatable bonds is 4. The van der Waals surface area contributed by atoms with Crippen molar-refractivity contribution in [2.24, 2.45) is 5.92 Å². The van der Waals surface area contributed by atoms with E-state index in [1.54, 1.807) is 0 Å². The number of halogens is 1. The van der Waals surface area contributed by atoms with Crippen molar-refractivity contribution in [3.05, 3.63) is 28.5 Å².